The van der Waals surface area contributed by atoms with Gasteiger partial charge in [0.1, 0.15) is 17.3 Å². The third-order valence-electron chi connectivity index (χ3n) is 6.86. The summed E-state index contributed by atoms with van der Waals surface area (Å²) in [4.78, 5) is 35.0. The number of amides is 1. The zero-order chi connectivity index (χ0) is 27.0. The quantitative estimate of drug-likeness (QED) is 0.379. The summed E-state index contributed by atoms with van der Waals surface area (Å²) < 4.78 is 18.7. The van der Waals surface area contributed by atoms with E-state index >= 15 is 0 Å². The van der Waals surface area contributed by atoms with Crippen LogP contribution in [0.25, 0.3) is 21.3 Å². The van der Waals surface area contributed by atoms with Crippen LogP contribution in [0.4, 0.5) is 4.39 Å². The lowest BCUT2D eigenvalue weighted by Crippen LogP contribution is -2.42. The zero-order valence-corrected chi connectivity index (χ0v) is 21.7. The van der Waals surface area contributed by atoms with E-state index in [1.165, 1.54) is 36.6 Å². The molecule has 2 aromatic heterocycles. The topological polar surface area (TPSA) is 119 Å². The van der Waals surface area contributed by atoms with Gasteiger partial charge in [0.25, 0.3) is 5.91 Å². The summed E-state index contributed by atoms with van der Waals surface area (Å²) in [6.07, 6.45) is 2.06. The van der Waals surface area contributed by atoms with Crippen LogP contribution in [0.1, 0.15) is 38.8 Å². The molecule has 2 aliphatic rings. The predicted octanol–water partition coefficient (Wildman–Crippen LogP) is 4.76. The Morgan fingerprint density at radius 3 is 2.66 bits per heavy atom. The molecular weight excluding hydrogens is 507 g/mol. The summed E-state index contributed by atoms with van der Waals surface area (Å²) in [6, 6.07) is 15.4. The number of hydrogen-bond donors (Lipinski definition) is 2. The number of piperidine rings is 1. The van der Waals surface area contributed by atoms with Crippen LogP contribution < -0.4 is 10.5 Å². The van der Waals surface area contributed by atoms with Crippen LogP contribution >= 0.6 is 11.3 Å². The van der Waals surface area contributed by atoms with Crippen LogP contribution in [0.15, 0.2) is 54.6 Å². The number of thiazole rings is 1. The Morgan fingerprint density at radius 2 is 1.95 bits per heavy atom. The van der Waals surface area contributed by atoms with E-state index in [4.69, 9.17) is 15.6 Å². The van der Waals surface area contributed by atoms with Crippen molar-refractivity contribution in [1.29, 1.82) is 0 Å². The maximum absolute atomic E-state index is 13.6. The van der Waals surface area contributed by atoms with Gasteiger partial charge in [0.15, 0.2) is 5.69 Å². The number of fused-ring (bicyclic) bond motifs is 2. The van der Waals surface area contributed by atoms with Gasteiger partial charge in [-0.2, -0.15) is 0 Å². The van der Waals surface area contributed by atoms with Crippen LogP contribution in [0.3, 0.4) is 0 Å². The van der Waals surface area contributed by atoms with Gasteiger partial charge in [-0.3, -0.25) is 4.79 Å². The van der Waals surface area contributed by atoms with Crippen molar-refractivity contribution in [3.8, 4) is 16.2 Å². The van der Waals surface area contributed by atoms with Crippen LogP contribution in [-0.2, 0) is 0 Å². The molecule has 1 saturated heterocycles. The van der Waals surface area contributed by atoms with Gasteiger partial charge >= 0.3 is 5.97 Å². The van der Waals surface area contributed by atoms with Crippen molar-refractivity contribution in [1.82, 2.24) is 14.9 Å². The molecule has 1 saturated carbocycles. The Balaban J connectivity index is 0.000000170. The molecule has 6 rings (SSSR count). The summed E-state index contributed by atoms with van der Waals surface area (Å²) in [5.41, 5.74) is 7.58. The number of nitrogens with zero attached hydrogens (tertiary/aromatic N) is 3. The molecule has 0 spiro atoms. The first kappa shape index (κ1) is 25.7. The van der Waals surface area contributed by atoms with Crippen molar-refractivity contribution >= 4 is 34.1 Å². The SMILES string of the molecule is COc1cc(C(=O)O)nc2ccccc12.Cc1nc(C(=O)N2[C@H](CN)C[C@@H]3C[C@@H]32)c(-c2cccc(F)c2)s1. The van der Waals surface area contributed by atoms with E-state index in [0.29, 0.717) is 41.0 Å². The molecular formula is C28H27FN4O4S. The Hall–Kier alpha value is -3.89. The Labute approximate surface area is 222 Å². The first-order chi connectivity index (χ1) is 18.3. The van der Waals surface area contributed by atoms with E-state index < -0.39 is 5.97 Å². The van der Waals surface area contributed by atoms with Gasteiger partial charge in [0.05, 0.1) is 22.5 Å². The van der Waals surface area contributed by atoms with Crippen LogP contribution in [0.5, 0.6) is 5.75 Å². The lowest BCUT2D eigenvalue weighted by molar-refractivity contribution is 0.0685. The second-order valence-corrected chi connectivity index (χ2v) is 10.6. The van der Waals surface area contributed by atoms with Gasteiger partial charge in [-0.1, -0.05) is 24.3 Å². The van der Waals surface area contributed by atoms with E-state index in [1.807, 2.05) is 30.0 Å². The van der Waals surface area contributed by atoms with E-state index in [2.05, 4.69) is 9.97 Å². The number of aromatic carboxylic acids is 1. The van der Waals surface area contributed by atoms with Gasteiger partial charge in [0.2, 0.25) is 0 Å². The average Bonchev–Trinajstić information content (AvgIpc) is 3.40. The number of aromatic nitrogens is 2. The molecule has 8 nitrogen and oxygen atoms in total. The third-order valence-corrected chi connectivity index (χ3v) is 7.88. The number of pyridine rings is 1. The monoisotopic (exact) mass is 534 g/mol. The number of hydrogen-bond acceptors (Lipinski definition) is 7. The molecule has 3 N–H and O–H groups in total. The Bertz CT molecular complexity index is 1520. The number of nitrogens with two attached hydrogens (primary N) is 1. The summed E-state index contributed by atoms with van der Waals surface area (Å²) in [6.45, 7) is 2.35. The minimum atomic E-state index is -1.06. The molecule has 3 atom stereocenters. The number of halogens is 1. The minimum Gasteiger partial charge on any atom is -0.496 e. The zero-order valence-electron chi connectivity index (χ0n) is 20.9. The molecule has 1 amide bonds. The number of aryl methyl sites for hydroxylation is 1. The highest BCUT2D eigenvalue weighted by Gasteiger charge is 2.54. The fourth-order valence-corrected chi connectivity index (χ4v) is 5.93. The number of likely N-dealkylation sites (tertiary alicyclic amines) is 1. The van der Waals surface area contributed by atoms with E-state index in [0.717, 1.165) is 28.1 Å². The van der Waals surface area contributed by atoms with E-state index in [-0.39, 0.29) is 23.5 Å². The van der Waals surface area contributed by atoms with E-state index in [9.17, 15) is 14.0 Å². The lowest BCUT2D eigenvalue weighted by atomic mass is 10.1. The molecule has 2 aromatic carbocycles. The average molecular weight is 535 g/mol. The van der Waals surface area contributed by atoms with Crippen molar-refractivity contribution in [3.05, 3.63) is 76.8 Å². The first-order valence-corrected chi connectivity index (χ1v) is 13.1. The van der Waals surface area contributed by atoms with Gasteiger partial charge in [-0.05, 0) is 55.5 Å². The molecule has 1 aliphatic carbocycles. The number of methoxy groups -OCH3 is 1. The van der Waals surface area contributed by atoms with Crippen LogP contribution in [0, 0.1) is 18.7 Å². The highest BCUT2D eigenvalue weighted by Crippen LogP contribution is 2.48. The van der Waals surface area contributed by atoms with Gasteiger partial charge in [-0.25, -0.2) is 19.2 Å². The van der Waals surface area contributed by atoms with E-state index in [1.54, 1.807) is 18.2 Å². The molecule has 1 aliphatic heterocycles. The largest absolute Gasteiger partial charge is 0.496 e. The van der Waals surface area contributed by atoms with Crippen molar-refractivity contribution in [3.63, 3.8) is 0 Å². The number of carbonyl (C=O) groups excluding carboxylic acids is 1. The fourth-order valence-electron chi connectivity index (χ4n) is 5.03. The highest BCUT2D eigenvalue weighted by molar-refractivity contribution is 7.15. The summed E-state index contributed by atoms with van der Waals surface area (Å²) >= 11 is 1.43. The molecule has 4 aromatic rings. The fraction of sp³-hybridized carbons (Fsp3) is 0.286. The predicted molar refractivity (Wildman–Crippen MR) is 143 cm³/mol. The molecule has 0 radical (unpaired) electrons. The molecule has 196 valence electrons. The van der Waals surface area contributed by atoms with Gasteiger partial charge in [-0.15, -0.1) is 11.3 Å². The molecule has 0 unspecified atom stereocenters. The lowest BCUT2D eigenvalue weighted by Gasteiger charge is -2.26. The standard InChI is InChI=1S/C17H18FN3OS.C11H9NO3/c1-9-20-15(16(23-9)10-3-2-4-12(18)5-10)17(22)21-13(8-19)6-11-7-14(11)21;1-15-10-6-9(11(13)14)12-8-5-3-2-4-7(8)10/h2-5,11,13-14H,6-8,19H2,1H3;2-6H,1H3,(H,13,14)/t11-,13+,14+;/m1./s1. The summed E-state index contributed by atoms with van der Waals surface area (Å²) in [7, 11) is 1.51. The summed E-state index contributed by atoms with van der Waals surface area (Å²) in [5.74, 6) is -0.300. The maximum Gasteiger partial charge on any atom is 0.354 e. The van der Waals surface area contributed by atoms with Crippen molar-refractivity contribution in [2.45, 2.75) is 31.8 Å². The first-order valence-electron chi connectivity index (χ1n) is 12.2. The normalized spacial score (nSPS) is 19.5. The molecule has 2 fully saturated rings. The molecule has 3 heterocycles. The Morgan fingerprint density at radius 1 is 1.16 bits per heavy atom. The second kappa shape index (κ2) is 10.5. The van der Waals surface area contributed by atoms with Crippen LogP contribution in [-0.4, -0.2) is 57.6 Å². The van der Waals surface area contributed by atoms with Crippen molar-refractivity contribution < 1.29 is 23.8 Å². The smallest absolute Gasteiger partial charge is 0.354 e. The number of carbonyl (C=O) groups is 2. The number of benzene rings is 2. The third kappa shape index (κ3) is 4.97. The van der Waals surface area contributed by atoms with Gasteiger partial charge < -0.3 is 20.5 Å². The second-order valence-electron chi connectivity index (χ2n) is 9.35. The number of rotatable bonds is 5. The highest BCUT2D eigenvalue weighted by atomic mass is 32.1. The van der Waals surface area contributed by atoms with Crippen LogP contribution in [0.2, 0.25) is 0 Å². The van der Waals surface area contributed by atoms with Crippen molar-refractivity contribution in [2.24, 2.45) is 11.7 Å². The molecule has 38 heavy (non-hydrogen) atoms. The summed E-state index contributed by atoms with van der Waals surface area (Å²) in [5, 5.41) is 10.5. The van der Waals surface area contributed by atoms with Gasteiger partial charge in [0, 0.05) is 30.1 Å². The molecule has 10 heteroatoms. The number of carboxylic acids is 1. The minimum absolute atomic E-state index is 0.00875. The van der Waals surface area contributed by atoms with Crippen molar-refractivity contribution in [2.75, 3.05) is 13.7 Å². The number of para-hydroxylation sites is 1. The number of carboxylic acid groups (broad SMARTS) is 1. The Kier molecular flexibility index (Phi) is 7.09. The maximum atomic E-state index is 13.6. The number of ether oxygens (including phenoxy) is 1. The molecule has 0 bridgehead atoms.